The zero-order valence-electron chi connectivity index (χ0n) is 7.88. The number of carbonyl (C=O) groups excluding carboxylic acids is 1. The maximum Gasteiger partial charge on any atom is 0.310 e. The molecule has 0 saturated carbocycles. The van der Waals surface area contributed by atoms with E-state index in [9.17, 15) is 4.79 Å². The van der Waals surface area contributed by atoms with Crippen molar-refractivity contribution in [2.24, 2.45) is 0 Å². The Morgan fingerprint density at radius 1 is 1.67 bits per heavy atom. The number of halogens is 2. The molecule has 0 aliphatic carbocycles. The van der Waals surface area contributed by atoms with Gasteiger partial charge in [-0.15, -0.1) is 0 Å². The molecule has 0 radical (unpaired) electrons. The summed E-state index contributed by atoms with van der Waals surface area (Å²) >= 11 is 9.18. The van der Waals surface area contributed by atoms with Crippen molar-refractivity contribution in [3.8, 4) is 6.07 Å². The number of ether oxygens (including phenoxy) is 1. The van der Waals surface area contributed by atoms with Gasteiger partial charge < -0.3 is 4.74 Å². The van der Waals surface area contributed by atoms with Gasteiger partial charge in [0.25, 0.3) is 0 Å². The SMILES string of the molecule is COC(=O)Cc1c(Cl)cc(C#N)cc1Br. The number of hydrogen-bond acceptors (Lipinski definition) is 3. The lowest BCUT2D eigenvalue weighted by atomic mass is 10.1. The van der Waals surface area contributed by atoms with Gasteiger partial charge in [-0.1, -0.05) is 27.5 Å². The van der Waals surface area contributed by atoms with Crippen molar-refractivity contribution in [2.75, 3.05) is 7.11 Å². The number of nitrogens with zero attached hydrogens (tertiary/aromatic N) is 1. The van der Waals surface area contributed by atoms with Crippen LogP contribution in [0.15, 0.2) is 16.6 Å². The van der Waals surface area contributed by atoms with Crippen LogP contribution in [0.1, 0.15) is 11.1 Å². The third-order valence-corrected chi connectivity index (χ3v) is 2.86. The number of nitriles is 1. The van der Waals surface area contributed by atoms with Crippen LogP contribution in [0.5, 0.6) is 0 Å². The van der Waals surface area contributed by atoms with Gasteiger partial charge in [0.05, 0.1) is 25.2 Å². The van der Waals surface area contributed by atoms with Crippen LogP contribution in [0.2, 0.25) is 5.02 Å². The van der Waals surface area contributed by atoms with Crippen LogP contribution >= 0.6 is 27.5 Å². The molecule has 0 amide bonds. The Kier molecular flexibility index (Phi) is 4.13. The standard InChI is InChI=1S/C10H7BrClNO2/c1-15-10(14)4-7-8(11)2-6(5-13)3-9(7)12/h2-3H,4H2,1H3. The summed E-state index contributed by atoms with van der Waals surface area (Å²) in [5.74, 6) is -0.373. The Morgan fingerprint density at radius 3 is 2.80 bits per heavy atom. The van der Waals surface area contributed by atoms with Gasteiger partial charge in [0, 0.05) is 9.50 Å². The Labute approximate surface area is 101 Å². The minimum Gasteiger partial charge on any atom is -0.469 e. The molecule has 0 saturated heterocycles. The van der Waals surface area contributed by atoms with E-state index in [1.807, 2.05) is 6.07 Å². The molecule has 0 bridgehead atoms. The van der Waals surface area contributed by atoms with Gasteiger partial charge in [0.15, 0.2) is 0 Å². The molecule has 1 aromatic carbocycles. The number of hydrogen-bond donors (Lipinski definition) is 0. The topological polar surface area (TPSA) is 50.1 Å². The highest BCUT2D eigenvalue weighted by Crippen LogP contribution is 2.27. The number of benzene rings is 1. The van der Waals surface area contributed by atoms with Crippen molar-refractivity contribution in [2.45, 2.75) is 6.42 Å². The molecule has 0 fully saturated rings. The maximum absolute atomic E-state index is 11.1. The Hall–Kier alpha value is -1.05. The summed E-state index contributed by atoms with van der Waals surface area (Å²) in [5, 5.41) is 9.07. The van der Waals surface area contributed by atoms with E-state index >= 15 is 0 Å². The van der Waals surface area contributed by atoms with Crippen LogP contribution in [0.4, 0.5) is 0 Å². The van der Waals surface area contributed by atoms with Crippen LogP contribution in [0, 0.1) is 11.3 Å². The summed E-state index contributed by atoms with van der Waals surface area (Å²) in [6, 6.07) is 5.11. The van der Waals surface area contributed by atoms with Gasteiger partial charge in [0.2, 0.25) is 0 Å². The summed E-state index contributed by atoms with van der Waals surface area (Å²) in [4.78, 5) is 11.1. The molecular weight excluding hydrogens is 281 g/mol. The third-order valence-electron chi connectivity index (χ3n) is 1.82. The number of rotatable bonds is 2. The van der Waals surface area contributed by atoms with Gasteiger partial charge in [-0.25, -0.2) is 0 Å². The number of methoxy groups -OCH3 is 1. The normalized spacial score (nSPS) is 9.47. The smallest absolute Gasteiger partial charge is 0.310 e. The molecule has 1 rings (SSSR count). The van der Waals surface area contributed by atoms with Crippen molar-refractivity contribution in [3.63, 3.8) is 0 Å². The molecule has 3 nitrogen and oxygen atoms in total. The summed E-state index contributed by atoms with van der Waals surface area (Å²) in [7, 11) is 1.31. The van der Waals surface area contributed by atoms with E-state index in [4.69, 9.17) is 16.9 Å². The molecule has 0 unspecified atom stereocenters. The van der Waals surface area contributed by atoms with E-state index in [0.29, 0.717) is 20.6 Å². The Bertz CT molecular complexity index is 417. The van der Waals surface area contributed by atoms with Gasteiger partial charge in [-0.05, 0) is 17.7 Å². The van der Waals surface area contributed by atoms with Gasteiger partial charge >= 0.3 is 5.97 Å². The third kappa shape index (κ3) is 2.95. The van der Waals surface area contributed by atoms with Gasteiger partial charge in [0.1, 0.15) is 0 Å². The second-order valence-electron chi connectivity index (χ2n) is 2.78. The van der Waals surface area contributed by atoms with Gasteiger partial charge in [-0.3, -0.25) is 4.79 Å². The van der Waals surface area contributed by atoms with Gasteiger partial charge in [-0.2, -0.15) is 5.26 Å². The summed E-state index contributed by atoms with van der Waals surface area (Å²) in [6.07, 6.45) is 0.0849. The van der Waals surface area contributed by atoms with Crippen molar-refractivity contribution in [1.29, 1.82) is 5.26 Å². The van der Waals surface area contributed by atoms with E-state index in [-0.39, 0.29) is 12.4 Å². The molecule has 0 aliphatic heterocycles. The van der Waals surface area contributed by atoms with E-state index in [2.05, 4.69) is 20.7 Å². The van der Waals surface area contributed by atoms with Crippen LogP contribution in [-0.2, 0) is 16.0 Å². The van der Waals surface area contributed by atoms with Crippen molar-refractivity contribution in [1.82, 2.24) is 0 Å². The number of carbonyl (C=O) groups is 1. The fourth-order valence-corrected chi connectivity index (χ4v) is 2.05. The second kappa shape index (κ2) is 5.15. The highest BCUT2D eigenvalue weighted by molar-refractivity contribution is 9.10. The Morgan fingerprint density at radius 2 is 2.33 bits per heavy atom. The van der Waals surface area contributed by atoms with Crippen molar-refractivity contribution in [3.05, 3.63) is 32.8 Å². The monoisotopic (exact) mass is 287 g/mol. The molecule has 15 heavy (non-hydrogen) atoms. The van der Waals surface area contributed by atoms with Crippen molar-refractivity contribution >= 4 is 33.5 Å². The first kappa shape index (κ1) is 12.0. The lowest BCUT2D eigenvalue weighted by molar-refractivity contribution is -0.139. The molecule has 0 heterocycles. The number of esters is 1. The summed E-state index contributed by atoms with van der Waals surface area (Å²) < 4.78 is 5.17. The first-order chi connectivity index (χ1) is 7.08. The fraction of sp³-hybridized carbons (Fsp3) is 0.200. The highest BCUT2D eigenvalue weighted by atomic mass is 79.9. The lowest BCUT2D eigenvalue weighted by Crippen LogP contribution is -2.05. The van der Waals surface area contributed by atoms with E-state index < -0.39 is 0 Å². The minimum absolute atomic E-state index is 0.0849. The molecule has 5 heteroatoms. The molecule has 0 aromatic heterocycles. The first-order valence-electron chi connectivity index (χ1n) is 4.03. The quantitative estimate of drug-likeness (QED) is 0.786. The predicted molar refractivity (Wildman–Crippen MR) is 59.6 cm³/mol. The molecule has 1 aromatic rings. The first-order valence-corrected chi connectivity index (χ1v) is 5.20. The predicted octanol–water partition coefficient (Wildman–Crippen LogP) is 2.69. The van der Waals surface area contributed by atoms with Crippen LogP contribution in [0.3, 0.4) is 0 Å². The van der Waals surface area contributed by atoms with Crippen LogP contribution < -0.4 is 0 Å². The molecular formula is C10H7BrClNO2. The summed E-state index contributed by atoms with van der Waals surface area (Å²) in [6.45, 7) is 0. The fourth-order valence-electron chi connectivity index (χ4n) is 1.05. The minimum atomic E-state index is -0.373. The molecule has 78 valence electrons. The second-order valence-corrected chi connectivity index (χ2v) is 4.04. The molecule has 0 spiro atoms. The zero-order valence-corrected chi connectivity index (χ0v) is 10.2. The largest absolute Gasteiger partial charge is 0.469 e. The highest BCUT2D eigenvalue weighted by Gasteiger charge is 2.12. The molecule has 0 aliphatic rings. The Balaban J connectivity index is 3.10. The average molecular weight is 289 g/mol. The molecule has 0 atom stereocenters. The maximum atomic E-state index is 11.1. The molecule has 0 N–H and O–H groups in total. The van der Waals surface area contributed by atoms with Crippen LogP contribution in [0.25, 0.3) is 0 Å². The zero-order chi connectivity index (χ0) is 11.4. The van der Waals surface area contributed by atoms with E-state index in [1.165, 1.54) is 13.2 Å². The lowest BCUT2D eigenvalue weighted by Gasteiger charge is -2.06. The average Bonchev–Trinajstić information content (AvgIpc) is 2.22. The van der Waals surface area contributed by atoms with Crippen molar-refractivity contribution < 1.29 is 9.53 Å². The summed E-state index contributed by atoms with van der Waals surface area (Å²) in [5.41, 5.74) is 1.07. The van der Waals surface area contributed by atoms with E-state index in [0.717, 1.165) is 0 Å². The van der Waals surface area contributed by atoms with E-state index in [1.54, 1.807) is 6.07 Å². The van der Waals surface area contributed by atoms with Crippen LogP contribution in [-0.4, -0.2) is 13.1 Å².